The number of imidazole rings is 1. The van der Waals surface area contributed by atoms with Gasteiger partial charge in [-0.2, -0.15) is 0 Å². The van der Waals surface area contributed by atoms with Crippen LogP contribution in [0.15, 0.2) is 43.0 Å². The molecule has 1 aromatic carbocycles. The van der Waals surface area contributed by atoms with Gasteiger partial charge in [-0.05, 0) is 6.07 Å². The fourth-order valence-corrected chi connectivity index (χ4v) is 2.46. The van der Waals surface area contributed by atoms with Crippen LogP contribution in [0, 0.1) is 5.92 Å². The SMILES string of the molecule is CC(C)C(=O)c1cn(-c2cncn2C)c2ccccc12. The van der Waals surface area contributed by atoms with E-state index in [2.05, 4.69) is 4.98 Å². The van der Waals surface area contributed by atoms with Crippen molar-refractivity contribution in [1.29, 1.82) is 0 Å². The van der Waals surface area contributed by atoms with E-state index in [1.54, 1.807) is 12.5 Å². The minimum atomic E-state index is -0.0132. The Morgan fingerprint density at radius 3 is 2.65 bits per heavy atom. The zero-order valence-electron chi connectivity index (χ0n) is 11.9. The Hall–Kier alpha value is -2.36. The lowest BCUT2D eigenvalue weighted by molar-refractivity contribution is 0.0941. The second-order valence-corrected chi connectivity index (χ2v) is 5.31. The van der Waals surface area contributed by atoms with E-state index in [4.69, 9.17) is 0 Å². The molecule has 0 unspecified atom stereocenters. The van der Waals surface area contributed by atoms with E-state index in [1.807, 2.05) is 60.5 Å². The Balaban J connectivity index is 2.30. The van der Waals surface area contributed by atoms with Crippen molar-refractivity contribution in [3.05, 3.63) is 48.5 Å². The zero-order valence-corrected chi connectivity index (χ0v) is 11.9. The number of carbonyl (C=O) groups excluding carboxylic acids is 1. The molecule has 102 valence electrons. The molecule has 0 N–H and O–H groups in total. The molecule has 0 saturated carbocycles. The first-order valence-corrected chi connectivity index (χ1v) is 6.70. The summed E-state index contributed by atoms with van der Waals surface area (Å²) in [6.07, 6.45) is 5.48. The molecule has 0 amide bonds. The number of aryl methyl sites for hydroxylation is 1. The number of hydrogen-bond donors (Lipinski definition) is 0. The summed E-state index contributed by atoms with van der Waals surface area (Å²) in [6, 6.07) is 7.98. The van der Waals surface area contributed by atoms with Gasteiger partial charge in [-0.1, -0.05) is 32.0 Å². The van der Waals surface area contributed by atoms with Gasteiger partial charge in [0.2, 0.25) is 0 Å². The Morgan fingerprint density at radius 1 is 1.25 bits per heavy atom. The summed E-state index contributed by atoms with van der Waals surface area (Å²) in [5, 5.41) is 0.993. The van der Waals surface area contributed by atoms with Crippen molar-refractivity contribution < 1.29 is 4.79 Å². The molecule has 3 aromatic rings. The Labute approximate surface area is 117 Å². The van der Waals surface area contributed by atoms with E-state index in [0.717, 1.165) is 22.3 Å². The molecule has 0 spiro atoms. The molecule has 2 heterocycles. The van der Waals surface area contributed by atoms with Crippen molar-refractivity contribution >= 4 is 16.7 Å². The highest BCUT2D eigenvalue weighted by Crippen LogP contribution is 2.26. The van der Waals surface area contributed by atoms with Gasteiger partial charge in [-0.25, -0.2) is 4.98 Å². The summed E-state index contributed by atoms with van der Waals surface area (Å²) < 4.78 is 3.97. The average Bonchev–Trinajstić information content (AvgIpc) is 3.01. The molecule has 0 aliphatic heterocycles. The van der Waals surface area contributed by atoms with Crippen LogP contribution in [0.1, 0.15) is 24.2 Å². The summed E-state index contributed by atoms with van der Waals surface area (Å²) in [5.74, 6) is 1.10. The third-order valence-electron chi connectivity index (χ3n) is 3.54. The zero-order chi connectivity index (χ0) is 14.3. The van der Waals surface area contributed by atoms with E-state index < -0.39 is 0 Å². The first-order valence-electron chi connectivity index (χ1n) is 6.70. The van der Waals surface area contributed by atoms with Crippen molar-refractivity contribution in [2.24, 2.45) is 13.0 Å². The molecule has 4 nitrogen and oxygen atoms in total. The van der Waals surface area contributed by atoms with Crippen molar-refractivity contribution in [3.8, 4) is 5.82 Å². The van der Waals surface area contributed by atoms with Crippen molar-refractivity contribution in [2.45, 2.75) is 13.8 Å². The van der Waals surface area contributed by atoms with Gasteiger partial charge in [0.15, 0.2) is 5.78 Å². The van der Waals surface area contributed by atoms with Crippen LogP contribution in [0.2, 0.25) is 0 Å². The van der Waals surface area contributed by atoms with E-state index >= 15 is 0 Å². The van der Waals surface area contributed by atoms with Gasteiger partial charge in [0.05, 0.1) is 18.0 Å². The van der Waals surface area contributed by atoms with Crippen LogP contribution in [-0.4, -0.2) is 19.9 Å². The molecule has 0 aliphatic carbocycles. The van der Waals surface area contributed by atoms with E-state index in [1.165, 1.54) is 0 Å². The highest BCUT2D eigenvalue weighted by atomic mass is 16.1. The normalized spacial score (nSPS) is 11.4. The standard InChI is InChI=1S/C16H17N3O/c1-11(2)16(20)13-9-19(15-8-17-10-18(15)3)14-7-5-4-6-12(13)14/h4-11H,1-3H3. The lowest BCUT2D eigenvalue weighted by Gasteiger charge is -2.04. The summed E-state index contributed by atoms with van der Waals surface area (Å²) in [4.78, 5) is 16.5. The van der Waals surface area contributed by atoms with Gasteiger partial charge >= 0.3 is 0 Å². The molecule has 20 heavy (non-hydrogen) atoms. The largest absolute Gasteiger partial charge is 0.320 e. The highest BCUT2D eigenvalue weighted by Gasteiger charge is 2.18. The van der Waals surface area contributed by atoms with Crippen molar-refractivity contribution in [1.82, 2.24) is 14.1 Å². The number of hydrogen-bond acceptors (Lipinski definition) is 2. The summed E-state index contributed by atoms with van der Waals surface area (Å²) in [6.45, 7) is 3.86. The molecule has 0 atom stereocenters. The highest BCUT2D eigenvalue weighted by molar-refractivity contribution is 6.09. The maximum absolute atomic E-state index is 12.4. The summed E-state index contributed by atoms with van der Waals surface area (Å²) >= 11 is 0. The molecule has 0 saturated heterocycles. The number of Topliss-reactive ketones (excluding diaryl/α,β-unsaturated/α-hetero) is 1. The summed E-state index contributed by atoms with van der Waals surface area (Å²) in [5.41, 5.74) is 1.80. The Bertz CT molecular complexity index is 780. The molecule has 2 aromatic heterocycles. The third kappa shape index (κ3) is 1.84. The minimum Gasteiger partial charge on any atom is -0.320 e. The minimum absolute atomic E-state index is 0.0132. The fourth-order valence-electron chi connectivity index (χ4n) is 2.46. The number of benzene rings is 1. The summed E-state index contributed by atoms with van der Waals surface area (Å²) in [7, 11) is 1.95. The molecule has 0 aliphatic rings. The van der Waals surface area contributed by atoms with E-state index in [9.17, 15) is 4.79 Å². The lowest BCUT2D eigenvalue weighted by Crippen LogP contribution is -2.06. The predicted molar refractivity (Wildman–Crippen MR) is 79.2 cm³/mol. The topological polar surface area (TPSA) is 39.8 Å². The first kappa shape index (κ1) is 12.7. The van der Waals surface area contributed by atoms with Gasteiger partial charge in [-0.15, -0.1) is 0 Å². The monoisotopic (exact) mass is 267 g/mol. The number of ketones is 1. The maximum Gasteiger partial charge on any atom is 0.167 e. The lowest BCUT2D eigenvalue weighted by atomic mass is 10.0. The number of aromatic nitrogens is 3. The van der Waals surface area contributed by atoms with Gasteiger partial charge in [-0.3, -0.25) is 4.79 Å². The van der Waals surface area contributed by atoms with Crippen LogP contribution in [0.25, 0.3) is 16.7 Å². The molecular weight excluding hydrogens is 250 g/mol. The second-order valence-electron chi connectivity index (χ2n) is 5.31. The number of carbonyl (C=O) groups is 1. The van der Waals surface area contributed by atoms with Crippen LogP contribution in [0.3, 0.4) is 0 Å². The molecule has 4 heteroatoms. The number of rotatable bonds is 3. The van der Waals surface area contributed by atoms with Crippen LogP contribution >= 0.6 is 0 Å². The molecule has 3 rings (SSSR count). The number of nitrogens with zero attached hydrogens (tertiary/aromatic N) is 3. The smallest absolute Gasteiger partial charge is 0.167 e. The van der Waals surface area contributed by atoms with Crippen LogP contribution in [-0.2, 0) is 7.05 Å². The fraction of sp³-hybridized carbons (Fsp3) is 0.250. The van der Waals surface area contributed by atoms with Gasteiger partial charge in [0.25, 0.3) is 0 Å². The second kappa shape index (κ2) is 4.63. The maximum atomic E-state index is 12.4. The molecule has 0 bridgehead atoms. The van der Waals surface area contributed by atoms with Crippen LogP contribution in [0.5, 0.6) is 0 Å². The average molecular weight is 267 g/mol. The molecule has 0 radical (unpaired) electrons. The Kier molecular flexibility index (Phi) is 2.93. The van der Waals surface area contributed by atoms with Crippen LogP contribution in [0.4, 0.5) is 0 Å². The first-order chi connectivity index (χ1) is 9.59. The van der Waals surface area contributed by atoms with Gasteiger partial charge in [0.1, 0.15) is 5.82 Å². The van der Waals surface area contributed by atoms with Crippen LogP contribution < -0.4 is 0 Å². The Morgan fingerprint density at radius 2 is 2.00 bits per heavy atom. The van der Waals surface area contributed by atoms with Crippen molar-refractivity contribution in [2.75, 3.05) is 0 Å². The quantitative estimate of drug-likeness (QED) is 0.684. The molecule has 0 fully saturated rings. The number of para-hydroxylation sites is 1. The van der Waals surface area contributed by atoms with Gasteiger partial charge in [0, 0.05) is 30.1 Å². The number of fused-ring (bicyclic) bond motifs is 1. The van der Waals surface area contributed by atoms with E-state index in [-0.39, 0.29) is 11.7 Å². The third-order valence-corrected chi connectivity index (χ3v) is 3.54. The molecular formula is C16H17N3O. The van der Waals surface area contributed by atoms with Gasteiger partial charge < -0.3 is 9.13 Å². The van der Waals surface area contributed by atoms with Crippen molar-refractivity contribution in [3.63, 3.8) is 0 Å². The predicted octanol–water partition coefficient (Wildman–Crippen LogP) is 3.20. The van der Waals surface area contributed by atoms with E-state index in [0.29, 0.717) is 0 Å².